The van der Waals surface area contributed by atoms with Gasteiger partial charge < -0.3 is 19.8 Å². The van der Waals surface area contributed by atoms with Crippen molar-refractivity contribution in [2.75, 3.05) is 13.7 Å². The molecule has 0 saturated carbocycles. The Bertz CT molecular complexity index is 1190. The fourth-order valence-corrected chi connectivity index (χ4v) is 3.93. The van der Waals surface area contributed by atoms with Crippen molar-refractivity contribution >= 4 is 16.9 Å². The number of methoxy groups -OCH3 is 1. The summed E-state index contributed by atoms with van der Waals surface area (Å²) in [5, 5.41) is 7.41. The Morgan fingerprint density at radius 3 is 2.45 bits per heavy atom. The molecule has 0 saturated heterocycles. The van der Waals surface area contributed by atoms with E-state index in [0.717, 1.165) is 23.8 Å². The molecule has 1 amide bonds. The molecular weight excluding hydrogens is 412 g/mol. The highest BCUT2D eigenvalue weighted by Crippen LogP contribution is 2.32. The van der Waals surface area contributed by atoms with E-state index in [0.29, 0.717) is 30.2 Å². The monoisotopic (exact) mass is 442 g/mol. The molecule has 2 N–H and O–H groups in total. The molecule has 3 aromatic carbocycles. The number of furan rings is 1. The summed E-state index contributed by atoms with van der Waals surface area (Å²) >= 11 is 0. The highest BCUT2D eigenvalue weighted by atomic mass is 16.5. The minimum absolute atomic E-state index is 0.197. The molecule has 1 heterocycles. The van der Waals surface area contributed by atoms with Crippen molar-refractivity contribution in [1.82, 2.24) is 10.6 Å². The fourth-order valence-electron chi connectivity index (χ4n) is 3.93. The summed E-state index contributed by atoms with van der Waals surface area (Å²) in [5.74, 6) is 0.706. The second-order valence-corrected chi connectivity index (χ2v) is 8.14. The summed E-state index contributed by atoms with van der Waals surface area (Å²) in [7, 11) is 1.61. The van der Waals surface area contributed by atoms with E-state index in [2.05, 4.69) is 41.8 Å². The van der Waals surface area contributed by atoms with Crippen LogP contribution in [0.5, 0.6) is 5.75 Å². The smallest absolute Gasteiger partial charge is 0.287 e. The molecule has 4 rings (SSSR count). The number of ether oxygens (including phenoxy) is 1. The first-order valence-corrected chi connectivity index (χ1v) is 11.4. The minimum atomic E-state index is -0.210. The maximum Gasteiger partial charge on any atom is 0.287 e. The molecule has 0 aliphatic heterocycles. The van der Waals surface area contributed by atoms with E-state index in [9.17, 15) is 4.79 Å². The predicted octanol–water partition coefficient (Wildman–Crippen LogP) is 5.65. The topological polar surface area (TPSA) is 63.5 Å². The SMILES string of the molecule is COc1ccc(CN[C@@H](C)c2ccccc2)c2cc(C(=O)NCCCc3ccccc3)oc12. The first-order valence-electron chi connectivity index (χ1n) is 11.4. The number of benzene rings is 3. The molecule has 0 spiro atoms. The first kappa shape index (κ1) is 22.6. The van der Waals surface area contributed by atoms with E-state index in [1.54, 1.807) is 7.11 Å². The van der Waals surface area contributed by atoms with Gasteiger partial charge in [0.1, 0.15) is 0 Å². The summed E-state index contributed by atoms with van der Waals surface area (Å²) in [6, 6.07) is 26.5. The van der Waals surface area contributed by atoms with Crippen LogP contribution in [0.2, 0.25) is 0 Å². The van der Waals surface area contributed by atoms with Crippen molar-refractivity contribution in [1.29, 1.82) is 0 Å². The summed E-state index contributed by atoms with van der Waals surface area (Å²) in [4.78, 5) is 12.7. The van der Waals surface area contributed by atoms with E-state index < -0.39 is 0 Å². The molecule has 0 radical (unpaired) electrons. The lowest BCUT2D eigenvalue weighted by Gasteiger charge is -2.15. The number of carbonyl (C=O) groups excluding carboxylic acids is 1. The van der Waals surface area contributed by atoms with Gasteiger partial charge in [-0.3, -0.25) is 4.79 Å². The number of rotatable bonds is 10. The van der Waals surface area contributed by atoms with Crippen LogP contribution in [-0.2, 0) is 13.0 Å². The van der Waals surface area contributed by atoms with E-state index in [-0.39, 0.29) is 11.9 Å². The third-order valence-corrected chi connectivity index (χ3v) is 5.85. The molecule has 0 aliphatic rings. The van der Waals surface area contributed by atoms with Gasteiger partial charge in [-0.25, -0.2) is 0 Å². The second-order valence-electron chi connectivity index (χ2n) is 8.14. The number of hydrogen-bond donors (Lipinski definition) is 2. The number of aryl methyl sites for hydroxylation is 1. The van der Waals surface area contributed by atoms with Crippen LogP contribution in [0.25, 0.3) is 11.0 Å². The Balaban J connectivity index is 1.43. The molecule has 170 valence electrons. The molecule has 0 aliphatic carbocycles. The zero-order valence-electron chi connectivity index (χ0n) is 19.1. The summed E-state index contributed by atoms with van der Waals surface area (Å²) in [6.45, 7) is 3.37. The minimum Gasteiger partial charge on any atom is -0.493 e. The predicted molar refractivity (Wildman–Crippen MR) is 132 cm³/mol. The fraction of sp³-hybridized carbons (Fsp3) is 0.250. The molecule has 1 aromatic heterocycles. The number of hydrogen-bond acceptors (Lipinski definition) is 4. The van der Waals surface area contributed by atoms with Gasteiger partial charge in [0.25, 0.3) is 5.91 Å². The number of amides is 1. The number of nitrogens with one attached hydrogen (secondary N) is 2. The quantitative estimate of drug-likeness (QED) is 0.311. The molecule has 1 atom stereocenters. The van der Waals surface area contributed by atoms with Crippen LogP contribution < -0.4 is 15.4 Å². The van der Waals surface area contributed by atoms with Crippen molar-refractivity contribution < 1.29 is 13.9 Å². The Morgan fingerprint density at radius 2 is 1.73 bits per heavy atom. The van der Waals surface area contributed by atoms with E-state index >= 15 is 0 Å². The van der Waals surface area contributed by atoms with Crippen molar-refractivity contribution in [3.8, 4) is 5.75 Å². The van der Waals surface area contributed by atoms with E-state index in [4.69, 9.17) is 9.15 Å². The van der Waals surface area contributed by atoms with Gasteiger partial charge in [0.15, 0.2) is 17.1 Å². The van der Waals surface area contributed by atoms with Crippen molar-refractivity contribution in [2.24, 2.45) is 0 Å². The lowest BCUT2D eigenvalue weighted by Crippen LogP contribution is -2.24. The zero-order valence-corrected chi connectivity index (χ0v) is 19.1. The van der Waals surface area contributed by atoms with Crippen LogP contribution >= 0.6 is 0 Å². The highest BCUT2D eigenvalue weighted by Gasteiger charge is 2.18. The van der Waals surface area contributed by atoms with E-state index in [1.165, 1.54) is 11.1 Å². The standard InChI is InChI=1S/C28H30N2O3/c1-20(22-13-7-4-8-14-22)30-19-23-15-16-25(32-2)27-24(23)18-26(33-27)28(31)29-17-9-12-21-10-5-3-6-11-21/h3-8,10-11,13-16,18,20,30H,9,12,17,19H2,1-2H3,(H,29,31)/t20-/m0/s1. The average Bonchev–Trinajstić information content (AvgIpc) is 3.32. The molecule has 0 unspecified atom stereocenters. The molecule has 33 heavy (non-hydrogen) atoms. The Kier molecular flexibility index (Phi) is 7.43. The van der Waals surface area contributed by atoms with Gasteiger partial charge in [-0.1, -0.05) is 66.7 Å². The van der Waals surface area contributed by atoms with Gasteiger partial charge in [-0.15, -0.1) is 0 Å². The van der Waals surface area contributed by atoms with Gasteiger partial charge in [-0.2, -0.15) is 0 Å². The normalized spacial score (nSPS) is 11.9. The lowest BCUT2D eigenvalue weighted by molar-refractivity contribution is 0.0927. The van der Waals surface area contributed by atoms with Gasteiger partial charge in [0.05, 0.1) is 7.11 Å². The molecule has 0 bridgehead atoms. The molecule has 5 nitrogen and oxygen atoms in total. The van der Waals surface area contributed by atoms with Crippen molar-refractivity contribution in [2.45, 2.75) is 32.4 Å². The summed E-state index contributed by atoms with van der Waals surface area (Å²) < 4.78 is 11.4. The molecule has 0 fully saturated rings. The third-order valence-electron chi connectivity index (χ3n) is 5.85. The number of fused-ring (bicyclic) bond motifs is 1. The highest BCUT2D eigenvalue weighted by molar-refractivity contribution is 5.98. The zero-order chi connectivity index (χ0) is 23.0. The van der Waals surface area contributed by atoms with Crippen LogP contribution in [0.1, 0.15) is 46.6 Å². The van der Waals surface area contributed by atoms with Crippen LogP contribution in [0.4, 0.5) is 0 Å². The van der Waals surface area contributed by atoms with Gasteiger partial charge >= 0.3 is 0 Å². The van der Waals surface area contributed by atoms with Crippen molar-refractivity contribution in [3.05, 3.63) is 101 Å². The van der Waals surface area contributed by atoms with Crippen LogP contribution in [0.15, 0.2) is 83.3 Å². The average molecular weight is 443 g/mol. The molecular formula is C28H30N2O3. The maximum atomic E-state index is 12.7. The van der Waals surface area contributed by atoms with Gasteiger partial charge in [0.2, 0.25) is 0 Å². The largest absolute Gasteiger partial charge is 0.493 e. The molecule has 4 aromatic rings. The maximum absolute atomic E-state index is 12.7. The number of carbonyl (C=O) groups is 1. The van der Waals surface area contributed by atoms with Crippen LogP contribution in [0.3, 0.4) is 0 Å². The van der Waals surface area contributed by atoms with Crippen LogP contribution in [-0.4, -0.2) is 19.6 Å². The van der Waals surface area contributed by atoms with Crippen LogP contribution in [0, 0.1) is 0 Å². The molecule has 5 heteroatoms. The Hall–Kier alpha value is -3.57. The van der Waals surface area contributed by atoms with Gasteiger partial charge in [0, 0.05) is 24.5 Å². The Labute approximate surface area is 194 Å². The summed E-state index contributed by atoms with van der Waals surface area (Å²) in [5.41, 5.74) is 4.14. The Morgan fingerprint density at radius 1 is 1.00 bits per heavy atom. The van der Waals surface area contributed by atoms with E-state index in [1.807, 2.05) is 54.6 Å². The second kappa shape index (κ2) is 10.8. The first-order chi connectivity index (χ1) is 16.2. The summed E-state index contributed by atoms with van der Waals surface area (Å²) in [6.07, 6.45) is 1.79. The van der Waals surface area contributed by atoms with Gasteiger partial charge in [-0.05, 0) is 48.6 Å². The van der Waals surface area contributed by atoms with Crippen molar-refractivity contribution in [3.63, 3.8) is 0 Å². The third kappa shape index (κ3) is 5.62. The lowest BCUT2D eigenvalue weighted by atomic mass is 10.1.